The third kappa shape index (κ3) is 3.27. The lowest BCUT2D eigenvalue weighted by Crippen LogP contribution is -2.47. The Labute approximate surface area is 133 Å². The van der Waals surface area contributed by atoms with Crippen LogP contribution in [0.15, 0.2) is 22.7 Å². The molecule has 0 bridgehead atoms. The van der Waals surface area contributed by atoms with Gasteiger partial charge in [0.25, 0.3) is 0 Å². The molecule has 2 N–H and O–H groups in total. The van der Waals surface area contributed by atoms with Gasteiger partial charge in [0.05, 0.1) is 6.04 Å². The second kappa shape index (κ2) is 6.58. The van der Waals surface area contributed by atoms with Gasteiger partial charge in [-0.25, -0.2) is 0 Å². The summed E-state index contributed by atoms with van der Waals surface area (Å²) in [5, 5.41) is 5.97. The highest BCUT2D eigenvalue weighted by atomic mass is 79.9. The zero-order valence-corrected chi connectivity index (χ0v) is 14.0. The maximum atomic E-state index is 12.3. The van der Waals surface area contributed by atoms with Crippen LogP contribution in [0.1, 0.15) is 32.4 Å². The molecular formula is C15H20BrN3O2. The fraction of sp³-hybridized carbons (Fsp3) is 0.467. The topological polar surface area (TPSA) is 61.4 Å². The molecule has 0 fully saturated rings. The third-order valence-corrected chi connectivity index (χ3v) is 4.20. The van der Waals surface area contributed by atoms with Gasteiger partial charge in [-0.2, -0.15) is 0 Å². The Bertz CT molecular complexity index is 558. The van der Waals surface area contributed by atoms with Crippen molar-refractivity contribution >= 4 is 33.4 Å². The summed E-state index contributed by atoms with van der Waals surface area (Å²) in [6.07, 6.45) is 0. The van der Waals surface area contributed by atoms with Crippen LogP contribution in [0.25, 0.3) is 0 Å². The fourth-order valence-corrected chi connectivity index (χ4v) is 2.89. The number of hydrogen-bond donors (Lipinski definition) is 2. The lowest BCUT2D eigenvalue weighted by Gasteiger charge is -2.25. The van der Waals surface area contributed by atoms with E-state index < -0.39 is 12.1 Å². The number of carbonyl (C=O) groups excluding carboxylic acids is 2. The fourth-order valence-electron chi connectivity index (χ4n) is 2.53. The van der Waals surface area contributed by atoms with Gasteiger partial charge in [-0.15, -0.1) is 0 Å². The maximum absolute atomic E-state index is 12.3. The molecule has 5 nitrogen and oxygen atoms in total. The molecule has 1 aromatic rings. The van der Waals surface area contributed by atoms with Gasteiger partial charge in [0.15, 0.2) is 0 Å². The van der Waals surface area contributed by atoms with Crippen LogP contribution in [-0.4, -0.2) is 35.8 Å². The molecule has 21 heavy (non-hydrogen) atoms. The van der Waals surface area contributed by atoms with Gasteiger partial charge < -0.3 is 10.2 Å². The van der Waals surface area contributed by atoms with Crippen molar-refractivity contribution in [2.75, 3.05) is 18.4 Å². The van der Waals surface area contributed by atoms with Gasteiger partial charge >= 0.3 is 0 Å². The number of anilines is 1. The van der Waals surface area contributed by atoms with Crippen molar-refractivity contribution in [2.24, 2.45) is 0 Å². The molecule has 2 amide bonds. The Morgan fingerprint density at radius 1 is 1.43 bits per heavy atom. The smallest absolute Gasteiger partial charge is 0.246 e. The molecule has 1 aliphatic rings. The summed E-state index contributed by atoms with van der Waals surface area (Å²) in [5.41, 5.74) is 1.66. The van der Waals surface area contributed by atoms with Gasteiger partial charge in [-0.05, 0) is 32.9 Å². The average molecular weight is 354 g/mol. The van der Waals surface area contributed by atoms with Crippen LogP contribution >= 0.6 is 15.9 Å². The van der Waals surface area contributed by atoms with E-state index >= 15 is 0 Å². The van der Waals surface area contributed by atoms with Crippen molar-refractivity contribution < 1.29 is 9.59 Å². The van der Waals surface area contributed by atoms with Gasteiger partial charge in [-0.1, -0.05) is 22.0 Å². The average Bonchev–Trinajstić information content (AvgIpc) is 2.75. The van der Waals surface area contributed by atoms with E-state index in [1.807, 2.05) is 32.0 Å². The number of halogens is 1. The summed E-state index contributed by atoms with van der Waals surface area (Å²) in [7, 11) is 0. The molecule has 2 atom stereocenters. The first kappa shape index (κ1) is 16.0. The van der Waals surface area contributed by atoms with Crippen LogP contribution in [-0.2, 0) is 9.59 Å². The first-order valence-corrected chi connectivity index (χ1v) is 7.92. The molecule has 114 valence electrons. The first-order chi connectivity index (χ1) is 9.97. The number of rotatable bonds is 5. The number of benzene rings is 1. The van der Waals surface area contributed by atoms with Crippen LogP contribution < -0.4 is 10.6 Å². The lowest BCUT2D eigenvalue weighted by atomic mass is 10.1. The van der Waals surface area contributed by atoms with Crippen molar-refractivity contribution in [3.05, 3.63) is 28.2 Å². The molecule has 0 aromatic heterocycles. The van der Waals surface area contributed by atoms with Gasteiger partial charge in [-0.3, -0.25) is 14.9 Å². The number of amides is 2. The van der Waals surface area contributed by atoms with Crippen LogP contribution in [0.2, 0.25) is 0 Å². The summed E-state index contributed by atoms with van der Waals surface area (Å²) in [6, 6.07) is 4.76. The predicted molar refractivity (Wildman–Crippen MR) is 86.0 cm³/mol. The largest absolute Gasteiger partial charge is 0.342 e. The van der Waals surface area contributed by atoms with Crippen molar-refractivity contribution in [1.82, 2.24) is 10.2 Å². The highest BCUT2D eigenvalue weighted by Gasteiger charge is 2.33. The molecule has 0 saturated heterocycles. The Hall–Kier alpha value is -1.40. The Morgan fingerprint density at radius 2 is 2.10 bits per heavy atom. The number of likely N-dealkylation sites (N-methyl/N-ethyl adjacent to an activating group) is 1. The quantitative estimate of drug-likeness (QED) is 0.853. The van der Waals surface area contributed by atoms with Crippen LogP contribution in [0.5, 0.6) is 0 Å². The molecule has 1 aliphatic heterocycles. The molecule has 0 radical (unpaired) electrons. The van der Waals surface area contributed by atoms with Gasteiger partial charge in [0.1, 0.15) is 6.04 Å². The number of carbonyl (C=O) groups is 2. The number of hydrogen-bond acceptors (Lipinski definition) is 3. The SMILES string of the molecule is CCN(CC)C(=O)C(C)NC1C(=O)Nc2cc(Br)ccc21. The van der Waals surface area contributed by atoms with Crippen molar-refractivity contribution in [3.8, 4) is 0 Å². The molecule has 0 aliphatic carbocycles. The third-order valence-electron chi connectivity index (χ3n) is 3.71. The minimum absolute atomic E-state index is 0.0124. The van der Waals surface area contributed by atoms with E-state index in [1.165, 1.54) is 0 Å². The number of nitrogens with zero attached hydrogens (tertiary/aromatic N) is 1. The predicted octanol–water partition coefficient (Wildman–Crippen LogP) is 2.29. The van der Waals surface area contributed by atoms with Crippen LogP contribution in [0.4, 0.5) is 5.69 Å². The maximum Gasteiger partial charge on any atom is 0.246 e. The number of fused-ring (bicyclic) bond motifs is 1. The molecule has 2 rings (SSSR count). The summed E-state index contributed by atoms with van der Waals surface area (Å²) in [6.45, 7) is 7.03. The molecule has 6 heteroatoms. The standard InChI is InChI=1S/C15H20BrN3O2/c1-4-19(5-2)15(21)9(3)17-13-11-7-6-10(16)8-12(11)18-14(13)20/h6-9,13,17H,4-5H2,1-3H3,(H,18,20). The van der Waals surface area contributed by atoms with Gasteiger partial charge in [0, 0.05) is 28.8 Å². The van der Waals surface area contributed by atoms with E-state index in [-0.39, 0.29) is 11.8 Å². The summed E-state index contributed by atoms with van der Waals surface area (Å²) < 4.78 is 0.912. The second-order valence-electron chi connectivity index (χ2n) is 5.05. The Morgan fingerprint density at radius 3 is 2.71 bits per heavy atom. The van der Waals surface area contributed by atoms with E-state index in [9.17, 15) is 9.59 Å². The van der Waals surface area contributed by atoms with E-state index in [0.717, 1.165) is 15.7 Å². The molecule has 1 aromatic carbocycles. The normalized spacial score (nSPS) is 18.1. The molecular weight excluding hydrogens is 334 g/mol. The van der Waals surface area contributed by atoms with Gasteiger partial charge in [0.2, 0.25) is 11.8 Å². The van der Waals surface area contributed by atoms with Crippen LogP contribution in [0.3, 0.4) is 0 Å². The molecule has 2 unspecified atom stereocenters. The van der Waals surface area contributed by atoms with E-state index in [0.29, 0.717) is 13.1 Å². The van der Waals surface area contributed by atoms with Crippen LogP contribution in [0, 0.1) is 0 Å². The minimum atomic E-state index is -0.484. The Balaban J connectivity index is 2.13. The van der Waals surface area contributed by atoms with Crippen molar-refractivity contribution in [1.29, 1.82) is 0 Å². The summed E-state index contributed by atoms with van der Waals surface area (Å²) in [5.74, 6) is -0.111. The highest BCUT2D eigenvalue weighted by Crippen LogP contribution is 2.33. The molecule has 1 heterocycles. The van der Waals surface area contributed by atoms with E-state index in [1.54, 1.807) is 11.8 Å². The Kier molecular flexibility index (Phi) is 5.00. The minimum Gasteiger partial charge on any atom is -0.342 e. The zero-order chi connectivity index (χ0) is 15.6. The lowest BCUT2D eigenvalue weighted by molar-refractivity contribution is -0.133. The monoisotopic (exact) mass is 353 g/mol. The first-order valence-electron chi connectivity index (χ1n) is 7.13. The second-order valence-corrected chi connectivity index (χ2v) is 5.97. The summed E-state index contributed by atoms with van der Waals surface area (Å²) >= 11 is 3.38. The van der Waals surface area contributed by atoms with Crippen molar-refractivity contribution in [2.45, 2.75) is 32.9 Å². The molecule has 0 saturated carbocycles. The molecule has 0 spiro atoms. The highest BCUT2D eigenvalue weighted by molar-refractivity contribution is 9.10. The summed E-state index contributed by atoms with van der Waals surface area (Å²) in [4.78, 5) is 26.1. The van der Waals surface area contributed by atoms with E-state index in [2.05, 4.69) is 26.6 Å². The number of nitrogens with one attached hydrogen (secondary N) is 2. The van der Waals surface area contributed by atoms with Crippen molar-refractivity contribution in [3.63, 3.8) is 0 Å². The zero-order valence-electron chi connectivity index (χ0n) is 12.4. The van der Waals surface area contributed by atoms with E-state index in [4.69, 9.17) is 0 Å².